The molecule has 1 unspecified atom stereocenters. The van der Waals surface area contributed by atoms with E-state index in [0.29, 0.717) is 11.8 Å². The standard InChI is InChI=1S/C24H19ClF4N2O5S/c25-19-5-2-6-20(26)18(19)12-30-15-7-8-22-21(10-15)31(13-16(36-22)11-23(32)33)37(34,35)17-4-1-3-14(9-17)24(27,28)29/h1-10,16,30H,11-13H2,(H,32,33). The minimum atomic E-state index is -4.77. The molecule has 1 aliphatic rings. The van der Waals surface area contributed by atoms with Crippen LogP contribution in [0, 0.1) is 5.82 Å². The van der Waals surface area contributed by atoms with Gasteiger partial charge in [0, 0.05) is 22.8 Å². The highest BCUT2D eigenvalue weighted by Crippen LogP contribution is 2.40. The minimum Gasteiger partial charge on any atom is -0.486 e. The second-order valence-corrected chi connectivity index (χ2v) is 10.4. The lowest BCUT2D eigenvalue weighted by atomic mass is 10.1. The van der Waals surface area contributed by atoms with E-state index in [4.69, 9.17) is 16.3 Å². The number of nitrogens with zero attached hydrogens (tertiary/aromatic N) is 1. The van der Waals surface area contributed by atoms with Gasteiger partial charge in [-0.3, -0.25) is 9.10 Å². The summed E-state index contributed by atoms with van der Waals surface area (Å²) in [5.41, 5.74) is -0.666. The predicted octanol–water partition coefficient (Wildman–Crippen LogP) is 5.54. The Balaban J connectivity index is 1.72. The summed E-state index contributed by atoms with van der Waals surface area (Å²) in [6.07, 6.45) is -6.41. The third-order valence-electron chi connectivity index (χ3n) is 5.57. The number of carbonyl (C=O) groups is 1. The van der Waals surface area contributed by atoms with Crippen LogP contribution in [0.25, 0.3) is 0 Å². The van der Waals surface area contributed by atoms with Gasteiger partial charge in [-0.15, -0.1) is 0 Å². The number of hydrogen-bond donors (Lipinski definition) is 2. The Labute approximate surface area is 214 Å². The van der Waals surface area contributed by atoms with Crippen LogP contribution in [0.3, 0.4) is 0 Å². The Morgan fingerprint density at radius 3 is 2.54 bits per heavy atom. The quantitative estimate of drug-likeness (QED) is 0.370. The third kappa shape index (κ3) is 5.75. The summed E-state index contributed by atoms with van der Waals surface area (Å²) in [6.45, 7) is -0.506. The molecule has 0 aromatic heterocycles. The Morgan fingerprint density at radius 1 is 1.14 bits per heavy atom. The number of carboxylic acids is 1. The van der Waals surface area contributed by atoms with Gasteiger partial charge in [0.15, 0.2) is 0 Å². The number of nitrogens with one attached hydrogen (secondary N) is 1. The maximum Gasteiger partial charge on any atom is 0.416 e. The van der Waals surface area contributed by atoms with E-state index < -0.39 is 57.5 Å². The lowest BCUT2D eigenvalue weighted by molar-refractivity contribution is -0.139. The molecule has 0 fully saturated rings. The van der Waals surface area contributed by atoms with Gasteiger partial charge in [0.1, 0.15) is 17.7 Å². The number of rotatable bonds is 7. The first-order valence-corrected chi connectivity index (χ1v) is 12.6. The highest BCUT2D eigenvalue weighted by Gasteiger charge is 2.37. The number of carboxylic acid groups (broad SMARTS) is 1. The van der Waals surface area contributed by atoms with Crippen LogP contribution >= 0.6 is 11.6 Å². The predicted molar refractivity (Wildman–Crippen MR) is 128 cm³/mol. The average molecular weight is 559 g/mol. The normalized spacial score (nSPS) is 15.6. The molecule has 0 saturated carbocycles. The van der Waals surface area contributed by atoms with Gasteiger partial charge in [-0.2, -0.15) is 13.2 Å². The third-order valence-corrected chi connectivity index (χ3v) is 7.70. The molecule has 0 radical (unpaired) electrons. The van der Waals surface area contributed by atoms with E-state index >= 15 is 0 Å². The highest BCUT2D eigenvalue weighted by atomic mass is 35.5. The van der Waals surface area contributed by atoms with Crippen LogP contribution in [0.4, 0.5) is 28.9 Å². The molecule has 0 bridgehead atoms. The minimum absolute atomic E-state index is 0.0162. The molecule has 7 nitrogen and oxygen atoms in total. The summed E-state index contributed by atoms with van der Waals surface area (Å²) in [4.78, 5) is 10.6. The van der Waals surface area contributed by atoms with Crippen LogP contribution in [0.1, 0.15) is 17.5 Å². The van der Waals surface area contributed by atoms with E-state index in [2.05, 4.69) is 5.32 Å². The number of halogens is 5. The van der Waals surface area contributed by atoms with Crippen molar-refractivity contribution in [2.45, 2.75) is 30.1 Å². The fraction of sp³-hybridized carbons (Fsp3) is 0.208. The first-order chi connectivity index (χ1) is 17.4. The van der Waals surface area contributed by atoms with Crippen molar-refractivity contribution in [3.63, 3.8) is 0 Å². The van der Waals surface area contributed by atoms with Crippen molar-refractivity contribution < 1.29 is 40.6 Å². The Morgan fingerprint density at radius 2 is 1.86 bits per heavy atom. The molecule has 0 aliphatic carbocycles. The molecule has 37 heavy (non-hydrogen) atoms. The monoisotopic (exact) mass is 558 g/mol. The van der Waals surface area contributed by atoms with Crippen LogP contribution < -0.4 is 14.4 Å². The van der Waals surface area contributed by atoms with Crippen molar-refractivity contribution in [1.29, 1.82) is 0 Å². The summed E-state index contributed by atoms with van der Waals surface area (Å²) < 4.78 is 87.3. The zero-order chi connectivity index (χ0) is 27.0. The lowest BCUT2D eigenvalue weighted by Crippen LogP contribution is -2.44. The molecule has 0 saturated heterocycles. The van der Waals surface area contributed by atoms with Gasteiger partial charge in [0.25, 0.3) is 10.0 Å². The highest BCUT2D eigenvalue weighted by molar-refractivity contribution is 7.92. The van der Waals surface area contributed by atoms with Crippen LogP contribution in [0.5, 0.6) is 5.75 Å². The van der Waals surface area contributed by atoms with Gasteiger partial charge in [0.05, 0.1) is 29.1 Å². The van der Waals surface area contributed by atoms with Crippen molar-refractivity contribution in [3.05, 3.63) is 82.6 Å². The summed E-state index contributed by atoms with van der Waals surface area (Å²) in [6, 6.07) is 11.7. The van der Waals surface area contributed by atoms with Crippen molar-refractivity contribution >= 4 is 39.0 Å². The number of benzene rings is 3. The number of hydrogen-bond acceptors (Lipinski definition) is 5. The molecule has 13 heteroatoms. The average Bonchev–Trinajstić information content (AvgIpc) is 2.82. The van der Waals surface area contributed by atoms with Crippen LogP contribution in [0.2, 0.25) is 5.02 Å². The lowest BCUT2D eigenvalue weighted by Gasteiger charge is -2.35. The largest absolute Gasteiger partial charge is 0.486 e. The molecule has 3 aromatic carbocycles. The first kappa shape index (κ1) is 26.6. The fourth-order valence-electron chi connectivity index (χ4n) is 3.80. The van der Waals surface area contributed by atoms with E-state index in [0.717, 1.165) is 22.5 Å². The van der Waals surface area contributed by atoms with E-state index in [1.807, 2.05) is 0 Å². The zero-order valence-electron chi connectivity index (χ0n) is 18.8. The molecular formula is C24H19ClF4N2O5S. The Hall–Kier alpha value is -3.51. The molecule has 2 N–H and O–H groups in total. The molecule has 1 heterocycles. The molecular weight excluding hydrogens is 540 g/mol. The molecule has 196 valence electrons. The summed E-state index contributed by atoms with van der Waals surface area (Å²) >= 11 is 6.05. The second kappa shape index (κ2) is 10.1. The van der Waals surface area contributed by atoms with Crippen molar-refractivity contribution in [2.75, 3.05) is 16.2 Å². The Kier molecular flexibility index (Phi) is 7.24. The van der Waals surface area contributed by atoms with Gasteiger partial charge < -0.3 is 15.2 Å². The summed E-state index contributed by atoms with van der Waals surface area (Å²) in [5, 5.41) is 12.3. The fourth-order valence-corrected chi connectivity index (χ4v) is 5.58. The Bertz CT molecular complexity index is 1430. The number of anilines is 2. The second-order valence-electron chi connectivity index (χ2n) is 8.14. The molecule has 4 rings (SSSR count). The first-order valence-electron chi connectivity index (χ1n) is 10.8. The summed E-state index contributed by atoms with van der Waals surface area (Å²) in [5.74, 6) is -1.78. The molecule has 0 amide bonds. The number of sulfonamides is 1. The van der Waals surface area contributed by atoms with E-state index in [1.54, 1.807) is 0 Å². The topological polar surface area (TPSA) is 95.9 Å². The maximum absolute atomic E-state index is 14.1. The van der Waals surface area contributed by atoms with Gasteiger partial charge in [0.2, 0.25) is 0 Å². The van der Waals surface area contributed by atoms with Gasteiger partial charge in [-0.1, -0.05) is 23.7 Å². The van der Waals surface area contributed by atoms with Crippen LogP contribution in [0.15, 0.2) is 65.6 Å². The zero-order valence-corrected chi connectivity index (χ0v) is 20.4. The van der Waals surface area contributed by atoms with E-state index in [9.17, 15) is 35.9 Å². The van der Waals surface area contributed by atoms with Crippen LogP contribution in [-0.2, 0) is 27.5 Å². The van der Waals surface area contributed by atoms with Gasteiger partial charge >= 0.3 is 12.1 Å². The van der Waals surface area contributed by atoms with Gasteiger partial charge in [-0.05, 0) is 48.5 Å². The van der Waals surface area contributed by atoms with Crippen molar-refractivity contribution in [3.8, 4) is 5.75 Å². The molecule has 1 atom stereocenters. The SMILES string of the molecule is O=C(O)CC1CN(S(=O)(=O)c2cccc(C(F)(F)F)c2)c2cc(NCc3c(F)cccc3Cl)ccc2O1. The number of fused-ring (bicyclic) bond motifs is 1. The maximum atomic E-state index is 14.1. The van der Waals surface area contributed by atoms with Gasteiger partial charge in [-0.25, -0.2) is 12.8 Å². The smallest absolute Gasteiger partial charge is 0.416 e. The summed E-state index contributed by atoms with van der Waals surface area (Å²) in [7, 11) is -4.57. The number of alkyl halides is 3. The molecule has 3 aromatic rings. The van der Waals surface area contributed by atoms with Crippen LogP contribution in [-0.4, -0.2) is 32.1 Å². The van der Waals surface area contributed by atoms with E-state index in [-0.39, 0.29) is 28.6 Å². The van der Waals surface area contributed by atoms with Crippen molar-refractivity contribution in [1.82, 2.24) is 0 Å². The molecule has 0 spiro atoms. The van der Waals surface area contributed by atoms with Crippen molar-refractivity contribution in [2.24, 2.45) is 0 Å². The van der Waals surface area contributed by atoms with E-state index in [1.165, 1.54) is 36.4 Å². The number of aliphatic carboxylic acids is 1. The number of ether oxygens (including phenoxy) is 1. The molecule has 1 aliphatic heterocycles.